The second-order valence-electron chi connectivity index (χ2n) is 4.16. The van der Waals surface area contributed by atoms with Crippen molar-refractivity contribution in [3.05, 3.63) is 44.8 Å². The fourth-order valence-electron chi connectivity index (χ4n) is 1.65. The maximum Gasteiger partial charge on any atom is 0.246 e. The molecule has 2 N–H and O–H groups in total. The molecular formula is C12H12BrFN2O2S2. The Morgan fingerprint density at radius 2 is 2.15 bits per heavy atom. The molecule has 108 valence electrons. The number of anilines is 1. The molecule has 4 nitrogen and oxygen atoms in total. The number of nitrogens with two attached hydrogens (primary N) is 1. The summed E-state index contributed by atoms with van der Waals surface area (Å²) in [5, 5.41) is 1.85. The zero-order valence-corrected chi connectivity index (χ0v) is 13.7. The average molecular weight is 379 g/mol. The predicted octanol–water partition coefficient (Wildman–Crippen LogP) is 3.05. The number of rotatable bonds is 4. The van der Waals surface area contributed by atoms with Crippen molar-refractivity contribution in [2.24, 2.45) is 0 Å². The van der Waals surface area contributed by atoms with Gasteiger partial charge in [-0.25, -0.2) is 12.8 Å². The molecule has 0 aliphatic carbocycles. The van der Waals surface area contributed by atoms with Gasteiger partial charge in [-0.2, -0.15) is 4.31 Å². The third-order valence-corrected chi connectivity index (χ3v) is 5.90. The smallest absolute Gasteiger partial charge is 0.246 e. The Bertz CT molecular complexity index is 717. The van der Waals surface area contributed by atoms with Crippen LogP contribution in [0.15, 0.2) is 39.0 Å². The Kier molecular flexibility index (Phi) is 4.48. The molecule has 2 rings (SSSR count). The van der Waals surface area contributed by atoms with Crippen LogP contribution in [0.5, 0.6) is 0 Å². The molecule has 0 aliphatic heterocycles. The fraction of sp³-hybridized carbons (Fsp3) is 0.167. The Balaban J connectivity index is 2.40. The van der Waals surface area contributed by atoms with Gasteiger partial charge in [-0.1, -0.05) is 6.07 Å². The van der Waals surface area contributed by atoms with Gasteiger partial charge in [0, 0.05) is 24.2 Å². The second-order valence-corrected chi connectivity index (χ2v) is 8.06. The molecule has 0 spiro atoms. The fourth-order valence-corrected chi connectivity index (χ4v) is 4.36. The number of hydrogen-bond donors (Lipinski definition) is 1. The lowest BCUT2D eigenvalue weighted by Gasteiger charge is -2.17. The summed E-state index contributed by atoms with van der Waals surface area (Å²) in [7, 11) is -2.53. The van der Waals surface area contributed by atoms with Gasteiger partial charge in [-0.05, 0) is 39.5 Å². The molecular weight excluding hydrogens is 367 g/mol. The van der Waals surface area contributed by atoms with Crippen molar-refractivity contribution in [2.45, 2.75) is 11.4 Å². The minimum atomic E-state index is -3.94. The first-order valence-corrected chi connectivity index (χ1v) is 8.67. The van der Waals surface area contributed by atoms with Gasteiger partial charge in [0.2, 0.25) is 10.0 Å². The van der Waals surface area contributed by atoms with Crippen molar-refractivity contribution in [1.29, 1.82) is 0 Å². The van der Waals surface area contributed by atoms with E-state index in [9.17, 15) is 12.8 Å². The van der Waals surface area contributed by atoms with Crippen molar-refractivity contribution in [3.8, 4) is 0 Å². The molecule has 0 radical (unpaired) electrons. The molecule has 0 fully saturated rings. The van der Waals surface area contributed by atoms with Crippen LogP contribution in [0, 0.1) is 5.82 Å². The number of benzene rings is 1. The number of hydrogen-bond acceptors (Lipinski definition) is 4. The molecule has 1 aromatic heterocycles. The minimum Gasteiger partial charge on any atom is -0.399 e. The Labute approximate surface area is 129 Å². The molecule has 0 bridgehead atoms. The third kappa shape index (κ3) is 3.03. The highest BCUT2D eigenvalue weighted by Crippen LogP contribution is 2.28. The lowest BCUT2D eigenvalue weighted by molar-refractivity contribution is 0.462. The quantitative estimate of drug-likeness (QED) is 0.831. The lowest BCUT2D eigenvalue weighted by atomic mass is 10.3. The third-order valence-electron chi connectivity index (χ3n) is 2.66. The molecule has 0 aliphatic rings. The van der Waals surface area contributed by atoms with E-state index in [1.807, 2.05) is 17.5 Å². The molecule has 20 heavy (non-hydrogen) atoms. The Morgan fingerprint density at radius 1 is 1.45 bits per heavy atom. The maximum atomic E-state index is 14.0. The van der Waals surface area contributed by atoms with Crippen molar-refractivity contribution >= 4 is 43.0 Å². The summed E-state index contributed by atoms with van der Waals surface area (Å²) in [4.78, 5) is 0.447. The van der Waals surface area contributed by atoms with Crippen LogP contribution >= 0.6 is 27.3 Å². The van der Waals surface area contributed by atoms with Gasteiger partial charge in [0.1, 0.15) is 4.90 Å². The van der Waals surface area contributed by atoms with Crippen LogP contribution in [0.3, 0.4) is 0 Å². The summed E-state index contributed by atoms with van der Waals surface area (Å²) in [5.74, 6) is -0.836. The van der Waals surface area contributed by atoms with E-state index in [-0.39, 0.29) is 16.7 Å². The molecule has 1 aromatic carbocycles. The summed E-state index contributed by atoms with van der Waals surface area (Å²) in [6.45, 7) is 0.186. The van der Waals surface area contributed by atoms with Crippen LogP contribution in [0.2, 0.25) is 0 Å². The summed E-state index contributed by atoms with van der Waals surface area (Å²) >= 11 is 4.40. The van der Waals surface area contributed by atoms with Crippen molar-refractivity contribution in [1.82, 2.24) is 4.31 Å². The minimum absolute atomic E-state index is 0.0283. The zero-order valence-electron chi connectivity index (χ0n) is 10.5. The molecule has 0 atom stereocenters. The van der Waals surface area contributed by atoms with Gasteiger partial charge >= 0.3 is 0 Å². The number of nitrogen functional groups attached to an aromatic ring is 1. The summed E-state index contributed by atoms with van der Waals surface area (Å²) < 4.78 is 39.9. The van der Waals surface area contributed by atoms with Crippen molar-refractivity contribution in [2.75, 3.05) is 12.8 Å². The highest BCUT2D eigenvalue weighted by Gasteiger charge is 2.26. The van der Waals surface area contributed by atoms with Crippen molar-refractivity contribution < 1.29 is 12.8 Å². The molecule has 0 saturated carbocycles. The zero-order chi connectivity index (χ0) is 14.9. The number of nitrogens with zero attached hydrogens (tertiary/aromatic N) is 1. The van der Waals surface area contributed by atoms with Crippen LogP contribution in [0.1, 0.15) is 4.88 Å². The first-order valence-electron chi connectivity index (χ1n) is 5.55. The van der Waals surface area contributed by atoms with E-state index < -0.39 is 20.7 Å². The van der Waals surface area contributed by atoms with Crippen LogP contribution in [-0.2, 0) is 16.6 Å². The molecule has 1 heterocycles. The number of sulfonamides is 1. The number of thiophene rings is 1. The predicted molar refractivity (Wildman–Crippen MR) is 81.5 cm³/mol. The Morgan fingerprint density at radius 3 is 2.75 bits per heavy atom. The molecule has 2 aromatic rings. The van der Waals surface area contributed by atoms with Crippen LogP contribution in [0.25, 0.3) is 0 Å². The summed E-state index contributed by atoms with van der Waals surface area (Å²) in [6.07, 6.45) is 0. The SMILES string of the molecule is CN(Cc1cccs1)S(=O)(=O)c1cc(N)cc(Br)c1F. The van der Waals surface area contributed by atoms with Gasteiger partial charge in [-0.3, -0.25) is 0 Å². The van der Waals surface area contributed by atoms with Crippen LogP contribution in [-0.4, -0.2) is 19.8 Å². The average Bonchev–Trinajstić information content (AvgIpc) is 2.86. The van der Waals surface area contributed by atoms with Gasteiger partial charge < -0.3 is 5.73 Å². The van der Waals surface area contributed by atoms with Crippen molar-refractivity contribution in [3.63, 3.8) is 0 Å². The first kappa shape index (κ1) is 15.4. The van der Waals surface area contributed by atoms with E-state index in [1.165, 1.54) is 24.5 Å². The van der Waals surface area contributed by atoms with E-state index in [1.54, 1.807) is 0 Å². The van der Waals surface area contributed by atoms with E-state index in [0.29, 0.717) is 0 Å². The number of halogens is 2. The first-order chi connectivity index (χ1) is 9.32. The maximum absolute atomic E-state index is 14.0. The normalized spacial score (nSPS) is 12.0. The summed E-state index contributed by atoms with van der Waals surface area (Å²) in [5.41, 5.74) is 5.77. The van der Waals surface area contributed by atoms with E-state index >= 15 is 0 Å². The van der Waals surface area contributed by atoms with Gasteiger partial charge in [0.15, 0.2) is 5.82 Å². The highest BCUT2D eigenvalue weighted by molar-refractivity contribution is 9.10. The molecule has 0 saturated heterocycles. The molecule has 0 amide bonds. The van der Waals surface area contributed by atoms with E-state index in [0.717, 1.165) is 15.2 Å². The largest absolute Gasteiger partial charge is 0.399 e. The standard InChI is InChI=1S/C12H12BrFN2O2S2/c1-16(7-9-3-2-4-19-9)20(17,18)11-6-8(15)5-10(13)12(11)14/h2-6H,7,15H2,1H3. The van der Waals surface area contributed by atoms with Crippen LogP contribution in [0.4, 0.5) is 10.1 Å². The van der Waals surface area contributed by atoms with Gasteiger partial charge in [0.25, 0.3) is 0 Å². The van der Waals surface area contributed by atoms with E-state index in [2.05, 4.69) is 15.9 Å². The molecule has 0 unspecified atom stereocenters. The van der Waals surface area contributed by atoms with E-state index in [4.69, 9.17) is 5.73 Å². The Hall–Kier alpha value is -0.960. The highest BCUT2D eigenvalue weighted by atomic mass is 79.9. The van der Waals surface area contributed by atoms with Crippen LogP contribution < -0.4 is 5.73 Å². The van der Waals surface area contributed by atoms with Gasteiger partial charge in [-0.15, -0.1) is 11.3 Å². The monoisotopic (exact) mass is 378 g/mol. The second kappa shape index (κ2) is 5.80. The summed E-state index contributed by atoms with van der Waals surface area (Å²) in [6, 6.07) is 6.11. The lowest BCUT2D eigenvalue weighted by Crippen LogP contribution is -2.27. The van der Waals surface area contributed by atoms with Gasteiger partial charge in [0.05, 0.1) is 4.47 Å². The molecule has 8 heteroatoms. The topological polar surface area (TPSA) is 63.4 Å².